The third kappa shape index (κ3) is 10.4. The van der Waals surface area contributed by atoms with E-state index in [1.54, 1.807) is 41.0 Å². The van der Waals surface area contributed by atoms with Crippen molar-refractivity contribution in [3.05, 3.63) is 29.3 Å². The maximum Gasteiger partial charge on any atom is 0.416 e. The van der Waals surface area contributed by atoms with Crippen LogP contribution in [0.2, 0.25) is 0 Å². The molecule has 0 aliphatic rings. The molecule has 1 aromatic rings. The number of guanidine groups is 1. The molecule has 0 spiro atoms. The van der Waals surface area contributed by atoms with Gasteiger partial charge in [0.05, 0.1) is 18.8 Å². The Morgan fingerprint density at radius 3 is 2.38 bits per heavy atom. The summed E-state index contributed by atoms with van der Waals surface area (Å²) in [5.41, 5.74) is -1.19. The molecule has 9 heteroatoms. The first-order valence-corrected chi connectivity index (χ1v) is 9.47. The van der Waals surface area contributed by atoms with E-state index in [9.17, 15) is 13.2 Å². The lowest BCUT2D eigenvalue weighted by atomic mass is 10.1. The van der Waals surface area contributed by atoms with E-state index in [-0.39, 0.29) is 17.9 Å². The quantitative estimate of drug-likeness (QED) is 0.345. The summed E-state index contributed by atoms with van der Waals surface area (Å²) in [6, 6.07) is 4.01. The number of methoxy groups -OCH3 is 1. The second kappa shape index (κ2) is 11.9. The average molecular weight is 419 g/mol. The van der Waals surface area contributed by atoms with Gasteiger partial charge in [-0.1, -0.05) is 6.07 Å². The Morgan fingerprint density at radius 2 is 1.79 bits per heavy atom. The van der Waals surface area contributed by atoms with Crippen LogP contribution >= 0.6 is 0 Å². The molecule has 0 fully saturated rings. The Balaban J connectivity index is 2.64. The lowest BCUT2D eigenvalue weighted by Gasteiger charge is -2.23. The normalized spacial score (nSPS) is 12.8. The molecule has 0 unspecified atom stereocenters. The summed E-state index contributed by atoms with van der Waals surface area (Å²) in [4.78, 5) is 4.04. The number of aliphatic imine (C=N–C) groups is 1. The van der Waals surface area contributed by atoms with Gasteiger partial charge in [-0.25, -0.2) is 0 Å². The molecule has 1 rings (SSSR count). The molecule has 1 aromatic carbocycles. The summed E-state index contributed by atoms with van der Waals surface area (Å²) in [6.45, 7) is 7.54. The van der Waals surface area contributed by atoms with Crippen LogP contribution in [0.25, 0.3) is 0 Å². The van der Waals surface area contributed by atoms with E-state index in [1.807, 2.05) is 0 Å². The molecule has 166 valence electrons. The molecule has 0 radical (unpaired) electrons. The molecular formula is C20H32F3N3O3. The number of rotatable bonds is 10. The summed E-state index contributed by atoms with van der Waals surface area (Å²) < 4.78 is 56.3. The minimum Gasteiger partial charge on any atom is -0.488 e. The lowest BCUT2D eigenvalue weighted by Crippen LogP contribution is -2.38. The van der Waals surface area contributed by atoms with Gasteiger partial charge in [0.1, 0.15) is 11.4 Å². The highest BCUT2D eigenvalue weighted by molar-refractivity contribution is 5.79. The molecule has 6 nitrogen and oxygen atoms in total. The topological polar surface area (TPSA) is 64.1 Å². The minimum atomic E-state index is -4.48. The monoisotopic (exact) mass is 419 g/mol. The van der Waals surface area contributed by atoms with Gasteiger partial charge in [-0.3, -0.25) is 4.99 Å². The van der Waals surface area contributed by atoms with Gasteiger partial charge < -0.3 is 24.8 Å². The minimum absolute atomic E-state index is 0.0192. The SMILES string of the molecule is CN=C(NCCCOCCOC)NCc1ccc(OC(C)(C)C)cc1C(F)(F)F. The maximum absolute atomic E-state index is 13.5. The molecule has 0 saturated heterocycles. The second-order valence-electron chi connectivity index (χ2n) is 7.34. The van der Waals surface area contributed by atoms with Gasteiger partial charge in [0.25, 0.3) is 0 Å². The molecule has 0 bridgehead atoms. The summed E-state index contributed by atoms with van der Waals surface area (Å²) in [5, 5.41) is 5.97. The van der Waals surface area contributed by atoms with Crippen molar-refractivity contribution in [2.75, 3.05) is 40.5 Å². The highest BCUT2D eigenvalue weighted by atomic mass is 19.4. The molecule has 0 aliphatic carbocycles. The van der Waals surface area contributed by atoms with Crippen molar-refractivity contribution < 1.29 is 27.4 Å². The van der Waals surface area contributed by atoms with Gasteiger partial charge in [-0.05, 0) is 44.9 Å². The van der Waals surface area contributed by atoms with Gasteiger partial charge in [0, 0.05) is 33.9 Å². The van der Waals surface area contributed by atoms with Crippen LogP contribution < -0.4 is 15.4 Å². The van der Waals surface area contributed by atoms with E-state index in [1.165, 1.54) is 6.07 Å². The van der Waals surface area contributed by atoms with E-state index in [4.69, 9.17) is 14.2 Å². The molecule has 0 aromatic heterocycles. The molecular weight excluding hydrogens is 387 g/mol. The lowest BCUT2D eigenvalue weighted by molar-refractivity contribution is -0.138. The molecule has 2 N–H and O–H groups in total. The van der Waals surface area contributed by atoms with Crippen LogP contribution in [0.1, 0.15) is 38.3 Å². The fourth-order valence-corrected chi connectivity index (χ4v) is 2.42. The van der Waals surface area contributed by atoms with Crippen LogP contribution in [-0.2, 0) is 22.2 Å². The third-order valence-corrected chi connectivity index (χ3v) is 3.67. The first kappa shape index (κ1) is 25.0. The van der Waals surface area contributed by atoms with Crippen LogP contribution in [0, 0.1) is 0 Å². The van der Waals surface area contributed by atoms with Crippen molar-refractivity contribution in [1.82, 2.24) is 10.6 Å². The van der Waals surface area contributed by atoms with Crippen molar-refractivity contribution in [3.63, 3.8) is 0 Å². The van der Waals surface area contributed by atoms with Gasteiger partial charge in [-0.2, -0.15) is 13.2 Å². The third-order valence-electron chi connectivity index (χ3n) is 3.67. The first-order chi connectivity index (χ1) is 13.6. The molecule has 0 heterocycles. The van der Waals surface area contributed by atoms with Crippen molar-refractivity contribution in [2.24, 2.45) is 4.99 Å². The Kier molecular flexibility index (Phi) is 10.2. The highest BCUT2D eigenvalue weighted by Crippen LogP contribution is 2.35. The number of hydrogen-bond donors (Lipinski definition) is 2. The molecule has 0 amide bonds. The molecule has 29 heavy (non-hydrogen) atoms. The van der Waals surface area contributed by atoms with Gasteiger partial charge in [0.2, 0.25) is 0 Å². The van der Waals surface area contributed by atoms with Crippen LogP contribution in [0.4, 0.5) is 13.2 Å². The predicted molar refractivity (Wildman–Crippen MR) is 107 cm³/mol. The number of ether oxygens (including phenoxy) is 3. The summed E-state index contributed by atoms with van der Waals surface area (Å²) in [6.07, 6.45) is -3.75. The maximum atomic E-state index is 13.5. The van der Waals surface area contributed by atoms with Crippen molar-refractivity contribution >= 4 is 5.96 Å². The molecule has 0 atom stereocenters. The van der Waals surface area contributed by atoms with Crippen LogP contribution in [-0.4, -0.2) is 52.1 Å². The van der Waals surface area contributed by atoms with E-state index in [0.29, 0.717) is 32.3 Å². The fourth-order valence-electron chi connectivity index (χ4n) is 2.42. The zero-order valence-electron chi connectivity index (χ0n) is 17.8. The van der Waals surface area contributed by atoms with Crippen LogP contribution in [0.3, 0.4) is 0 Å². The number of nitrogens with zero attached hydrogens (tertiary/aromatic N) is 1. The zero-order chi connectivity index (χ0) is 21.9. The summed E-state index contributed by atoms with van der Waals surface area (Å²) in [5.74, 6) is 0.606. The average Bonchev–Trinajstić information content (AvgIpc) is 2.62. The standard InChI is InChI=1S/C20H32F3N3O3/c1-19(2,3)29-16-8-7-15(17(13-16)20(21,22)23)14-26-18(24-4)25-9-6-10-28-12-11-27-5/h7-8,13H,6,9-12,14H2,1-5H3,(H2,24,25,26). The number of halogens is 3. The Hall–Kier alpha value is -2.00. The Bertz CT molecular complexity index is 644. The largest absolute Gasteiger partial charge is 0.488 e. The van der Waals surface area contributed by atoms with E-state index in [0.717, 1.165) is 12.5 Å². The van der Waals surface area contributed by atoms with Crippen molar-refractivity contribution in [2.45, 2.75) is 45.5 Å². The predicted octanol–water partition coefficient (Wildman–Crippen LogP) is 3.60. The first-order valence-electron chi connectivity index (χ1n) is 9.47. The molecule has 0 saturated carbocycles. The van der Waals surface area contributed by atoms with Gasteiger partial charge in [0.15, 0.2) is 5.96 Å². The molecule has 0 aliphatic heterocycles. The summed E-state index contributed by atoms with van der Waals surface area (Å²) in [7, 11) is 3.17. The number of alkyl halides is 3. The van der Waals surface area contributed by atoms with Crippen LogP contribution in [0.15, 0.2) is 23.2 Å². The van der Waals surface area contributed by atoms with Crippen molar-refractivity contribution in [3.8, 4) is 5.75 Å². The zero-order valence-corrected chi connectivity index (χ0v) is 17.8. The number of benzene rings is 1. The van der Waals surface area contributed by atoms with Gasteiger partial charge in [-0.15, -0.1) is 0 Å². The smallest absolute Gasteiger partial charge is 0.416 e. The number of hydrogen-bond acceptors (Lipinski definition) is 4. The van der Waals surface area contributed by atoms with Crippen LogP contribution in [0.5, 0.6) is 5.75 Å². The van der Waals surface area contributed by atoms with Crippen molar-refractivity contribution in [1.29, 1.82) is 0 Å². The van der Waals surface area contributed by atoms with E-state index in [2.05, 4.69) is 15.6 Å². The fraction of sp³-hybridized carbons (Fsp3) is 0.650. The summed E-state index contributed by atoms with van der Waals surface area (Å²) >= 11 is 0. The van der Waals surface area contributed by atoms with E-state index >= 15 is 0 Å². The highest BCUT2D eigenvalue weighted by Gasteiger charge is 2.34. The van der Waals surface area contributed by atoms with E-state index < -0.39 is 17.3 Å². The number of nitrogens with one attached hydrogen (secondary N) is 2. The van der Waals surface area contributed by atoms with Gasteiger partial charge >= 0.3 is 6.18 Å². The Labute approximate surface area is 170 Å². The Morgan fingerprint density at radius 1 is 1.07 bits per heavy atom. The second-order valence-corrected chi connectivity index (χ2v) is 7.34.